The van der Waals surface area contributed by atoms with Crippen molar-refractivity contribution in [3.63, 3.8) is 0 Å². The molecule has 1 aliphatic rings. The van der Waals surface area contributed by atoms with Gasteiger partial charge in [-0.3, -0.25) is 4.79 Å². The number of anilines is 2. The number of nitrogens with one attached hydrogen (secondary N) is 1. The van der Waals surface area contributed by atoms with Gasteiger partial charge in [-0.2, -0.15) is 0 Å². The number of aromatic nitrogens is 1. The van der Waals surface area contributed by atoms with Crippen molar-refractivity contribution in [1.29, 1.82) is 0 Å². The standard InChI is InChI=1S/C19H23N3O3/c1-24-16-7-5-14(11-17(16)25-2)12-19(23)21-18-8-6-15(13-20-18)22-9-3-4-10-22/h5-8,11,13H,3-4,9-10,12H2,1-2H3,(H,20,21,23). The predicted octanol–water partition coefficient (Wildman–Crippen LogP) is 2.88. The molecule has 0 atom stereocenters. The number of benzene rings is 1. The molecular weight excluding hydrogens is 318 g/mol. The minimum absolute atomic E-state index is 0.117. The van der Waals surface area contributed by atoms with Gasteiger partial charge in [0.25, 0.3) is 0 Å². The molecule has 6 nitrogen and oxygen atoms in total. The van der Waals surface area contributed by atoms with Gasteiger partial charge in [-0.25, -0.2) is 4.98 Å². The molecule has 1 aliphatic heterocycles. The summed E-state index contributed by atoms with van der Waals surface area (Å²) in [5, 5.41) is 2.83. The van der Waals surface area contributed by atoms with Crippen LogP contribution in [-0.2, 0) is 11.2 Å². The highest BCUT2D eigenvalue weighted by atomic mass is 16.5. The van der Waals surface area contributed by atoms with Gasteiger partial charge in [-0.1, -0.05) is 6.07 Å². The molecule has 0 aliphatic carbocycles. The second-order valence-electron chi connectivity index (χ2n) is 6.01. The number of hydrogen-bond donors (Lipinski definition) is 1. The van der Waals surface area contributed by atoms with Gasteiger partial charge >= 0.3 is 0 Å². The Labute approximate surface area is 147 Å². The second-order valence-corrected chi connectivity index (χ2v) is 6.01. The average Bonchev–Trinajstić information content (AvgIpc) is 3.17. The molecule has 6 heteroatoms. The Balaban J connectivity index is 1.60. The fraction of sp³-hybridized carbons (Fsp3) is 0.368. The Bertz CT molecular complexity index is 725. The van der Waals surface area contributed by atoms with Crippen LogP contribution in [0.15, 0.2) is 36.5 Å². The number of methoxy groups -OCH3 is 2. The van der Waals surface area contributed by atoms with Crippen LogP contribution in [0.25, 0.3) is 0 Å². The Kier molecular flexibility index (Phi) is 5.38. The molecule has 0 unspecified atom stereocenters. The summed E-state index contributed by atoms with van der Waals surface area (Å²) in [5.74, 6) is 1.70. The molecule has 3 rings (SSSR count). The average molecular weight is 341 g/mol. The number of hydrogen-bond acceptors (Lipinski definition) is 5. The lowest BCUT2D eigenvalue weighted by atomic mass is 10.1. The summed E-state index contributed by atoms with van der Waals surface area (Å²) < 4.78 is 10.5. The Morgan fingerprint density at radius 2 is 1.88 bits per heavy atom. The van der Waals surface area contributed by atoms with Gasteiger partial charge in [0.05, 0.1) is 32.5 Å². The van der Waals surface area contributed by atoms with Gasteiger partial charge in [0.1, 0.15) is 5.82 Å². The van der Waals surface area contributed by atoms with Crippen molar-refractivity contribution in [2.75, 3.05) is 37.5 Å². The van der Waals surface area contributed by atoms with Crippen LogP contribution in [0, 0.1) is 0 Å². The van der Waals surface area contributed by atoms with E-state index in [2.05, 4.69) is 15.2 Å². The van der Waals surface area contributed by atoms with Gasteiger partial charge in [0.15, 0.2) is 11.5 Å². The summed E-state index contributed by atoms with van der Waals surface area (Å²) >= 11 is 0. The maximum atomic E-state index is 12.2. The van der Waals surface area contributed by atoms with Crippen LogP contribution in [-0.4, -0.2) is 38.2 Å². The number of nitrogens with zero attached hydrogens (tertiary/aromatic N) is 2. The highest BCUT2D eigenvalue weighted by Crippen LogP contribution is 2.27. The third-order valence-corrected chi connectivity index (χ3v) is 4.30. The Hall–Kier alpha value is -2.76. The summed E-state index contributed by atoms with van der Waals surface area (Å²) in [7, 11) is 3.16. The fourth-order valence-electron chi connectivity index (χ4n) is 2.99. The van der Waals surface area contributed by atoms with Crippen molar-refractivity contribution < 1.29 is 14.3 Å². The topological polar surface area (TPSA) is 63.7 Å². The molecule has 1 aromatic heterocycles. The zero-order chi connectivity index (χ0) is 17.6. The third kappa shape index (κ3) is 4.21. The first-order valence-electron chi connectivity index (χ1n) is 8.41. The molecule has 1 fully saturated rings. The number of amides is 1. The molecule has 132 valence electrons. The summed E-state index contributed by atoms with van der Waals surface area (Å²) in [4.78, 5) is 18.9. The van der Waals surface area contributed by atoms with Crippen molar-refractivity contribution in [3.8, 4) is 11.5 Å². The monoisotopic (exact) mass is 341 g/mol. The van der Waals surface area contributed by atoms with E-state index in [0.29, 0.717) is 17.3 Å². The van der Waals surface area contributed by atoms with E-state index in [0.717, 1.165) is 24.3 Å². The number of pyridine rings is 1. The lowest BCUT2D eigenvalue weighted by Gasteiger charge is -2.17. The van der Waals surface area contributed by atoms with E-state index in [9.17, 15) is 4.79 Å². The molecular formula is C19H23N3O3. The molecule has 0 radical (unpaired) electrons. The summed E-state index contributed by atoms with van der Waals surface area (Å²) in [6.07, 6.45) is 4.51. The van der Waals surface area contributed by atoms with Crippen LogP contribution in [0.2, 0.25) is 0 Å². The molecule has 0 bridgehead atoms. The zero-order valence-electron chi connectivity index (χ0n) is 14.6. The first-order chi connectivity index (χ1) is 12.2. The van der Waals surface area contributed by atoms with Crippen LogP contribution in [0.3, 0.4) is 0 Å². The highest BCUT2D eigenvalue weighted by Gasteiger charge is 2.13. The van der Waals surface area contributed by atoms with E-state index in [1.165, 1.54) is 12.8 Å². The van der Waals surface area contributed by atoms with E-state index in [1.807, 2.05) is 30.5 Å². The number of ether oxygens (including phenoxy) is 2. The summed E-state index contributed by atoms with van der Waals surface area (Å²) in [6, 6.07) is 9.31. The van der Waals surface area contributed by atoms with Crippen molar-refractivity contribution in [2.45, 2.75) is 19.3 Å². The SMILES string of the molecule is COc1ccc(CC(=O)Nc2ccc(N3CCCC3)cn2)cc1OC. The van der Waals surface area contributed by atoms with Crippen molar-refractivity contribution in [3.05, 3.63) is 42.1 Å². The normalized spacial score (nSPS) is 13.6. The predicted molar refractivity (Wildman–Crippen MR) is 97.6 cm³/mol. The molecule has 1 amide bonds. The molecule has 1 N–H and O–H groups in total. The van der Waals surface area contributed by atoms with E-state index in [1.54, 1.807) is 20.3 Å². The summed E-state index contributed by atoms with van der Waals surface area (Å²) in [5.41, 5.74) is 1.96. The third-order valence-electron chi connectivity index (χ3n) is 4.30. The van der Waals surface area contributed by atoms with Gasteiger partial charge in [0.2, 0.25) is 5.91 Å². The smallest absolute Gasteiger partial charge is 0.229 e. The molecule has 0 saturated carbocycles. The molecule has 0 spiro atoms. The van der Waals surface area contributed by atoms with E-state index < -0.39 is 0 Å². The van der Waals surface area contributed by atoms with Crippen LogP contribution in [0.5, 0.6) is 11.5 Å². The quantitative estimate of drug-likeness (QED) is 0.875. The lowest BCUT2D eigenvalue weighted by molar-refractivity contribution is -0.115. The lowest BCUT2D eigenvalue weighted by Crippen LogP contribution is -2.18. The van der Waals surface area contributed by atoms with Crippen molar-refractivity contribution in [1.82, 2.24) is 4.98 Å². The Morgan fingerprint density at radius 3 is 2.52 bits per heavy atom. The second kappa shape index (κ2) is 7.88. The minimum atomic E-state index is -0.117. The van der Waals surface area contributed by atoms with Gasteiger partial charge in [-0.15, -0.1) is 0 Å². The molecule has 1 saturated heterocycles. The van der Waals surface area contributed by atoms with Crippen molar-refractivity contribution >= 4 is 17.4 Å². The van der Waals surface area contributed by atoms with Crippen LogP contribution >= 0.6 is 0 Å². The van der Waals surface area contributed by atoms with Crippen LogP contribution < -0.4 is 19.7 Å². The van der Waals surface area contributed by atoms with Crippen molar-refractivity contribution in [2.24, 2.45) is 0 Å². The number of carbonyl (C=O) groups excluding carboxylic acids is 1. The first kappa shape index (κ1) is 17.1. The molecule has 1 aromatic carbocycles. The van der Waals surface area contributed by atoms with E-state index >= 15 is 0 Å². The maximum Gasteiger partial charge on any atom is 0.229 e. The molecule has 2 heterocycles. The van der Waals surface area contributed by atoms with Gasteiger partial charge in [0, 0.05) is 13.1 Å². The van der Waals surface area contributed by atoms with E-state index in [-0.39, 0.29) is 12.3 Å². The number of rotatable bonds is 6. The van der Waals surface area contributed by atoms with Crippen LogP contribution in [0.4, 0.5) is 11.5 Å². The van der Waals surface area contributed by atoms with Gasteiger partial charge < -0.3 is 19.7 Å². The highest BCUT2D eigenvalue weighted by molar-refractivity contribution is 5.91. The largest absolute Gasteiger partial charge is 0.493 e. The first-order valence-corrected chi connectivity index (χ1v) is 8.41. The zero-order valence-corrected chi connectivity index (χ0v) is 14.6. The van der Waals surface area contributed by atoms with E-state index in [4.69, 9.17) is 9.47 Å². The molecule has 2 aromatic rings. The molecule has 25 heavy (non-hydrogen) atoms. The van der Waals surface area contributed by atoms with Gasteiger partial charge in [-0.05, 0) is 42.7 Å². The Morgan fingerprint density at radius 1 is 1.12 bits per heavy atom. The minimum Gasteiger partial charge on any atom is -0.493 e. The fourth-order valence-corrected chi connectivity index (χ4v) is 2.99. The number of carbonyl (C=O) groups is 1. The maximum absolute atomic E-state index is 12.2. The summed E-state index contributed by atoms with van der Waals surface area (Å²) in [6.45, 7) is 2.15. The van der Waals surface area contributed by atoms with Crippen LogP contribution in [0.1, 0.15) is 18.4 Å².